The summed E-state index contributed by atoms with van der Waals surface area (Å²) in [7, 11) is 0. The number of rotatable bonds is 8. The fourth-order valence-electron chi connectivity index (χ4n) is 1.96. The van der Waals surface area contributed by atoms with Crippen LogP contribution in [0, 0.1) is 6.92 Å². The maximum atomic E-state index is 5.72. The molecule has 0 saturated carbocycles. The second kappa shape index (κ2) is 7.70. The Morgan fingerprint density at radius 1 is 1.25 bits per heavy atom. The van der Waals surface area contributed by atoms with Gasteiger partial charge in [-0.2, -0.15) is 5.10 Å². The molecule has 1 aromatic carbocycles. The number of benzene rings is 1. The van der Waals surface area contributed by atoms with Crippen molar-refractivity contribution in [1.29, 1.82) is 0 Å². The molecule has 108 valence electrons. The van der Waals surface area contributed by atoms with Crippen molar-refractivity contribution < 1.29 is 4.74 Å². The van der Waals surface area contributed by atoms with E-state index >= 15 is 0 Å². The molecule has 20 heavy (non-hydrogen) atoms. The molecule has 1 aromatic heterocycles. The van der Waals surface area contributed by atoms with Crippen LogP contribution in [0.3, 0.4) is 0 Å². The third-order valence-electron chi connectivity index (χ3n) is 3.03. The molecule has 0 aliphatic rings. The third-order valence-corrected chi connectivity index (χ3v) is 3.03. The van der Waals surface area contributed by atoms with Gasteiger partial charge in [0.15, 0.2) is 0 Å². The van der Waals surface area contributed by atoms with E-state index in [0.29, 0.717) is 6.61 Å². The molecule has 0 bridgehead atoms. The Labute approximate surface area is 120 Å². The maximum absolute atomic E-state index is 5.72. The zero-order chi connectivity index (χ0) is 14.2. The van der Waals surface area contributed by atoms with E-state index in [-0.39, 0.29) is 0 Å². The lowest BCUT2D eigenvalue weighted by molar-refractivity contribution is 0.291. The number of aryl methyl sites for hydroxylation is 1. The van der Waals surface area contributed by atoms with Crippen LogP contribution in [0.5, 0.6) is 5.75 Å². The first-order valence-corrected chi connectivity index (χ1v) is 7.19. The van der Waals surface area contributed by atoms with Gasteiger partial charge in [0, 0.05) is 12.7 Å². The SMILES string of the molecule is CCCNCc1ccc(OCCn2cc(C)cn2)cc1. The predicted molar refractivity (Wildman–Crippen MR) is 80.9 cm³/mol. The Hall–Kier alpha value is -1.81. The third kappa shape index (κ3) is 4.70. The molecule has 0 atom stereocenters. The summed E-state index contributed by atoms with van der Waals surface area (Å²) >= 11 is 0. The van der Waals surface area contributed by atoms with E-state index in [1.165, 1.54) is 11.1 Å². The van der Waals surface area contributed by atoms with Gasteiger partial charge < -0.3 is 10.1 Å². The van der Waals surface area contributed by atoms with E-state index < -0.39 is 0 Å². The number of hydrogen-bond donors (Lipinski definition) is 1. The summed E-state index contributed by atoms with van der Waals surface area (Å²) in [6.45, 7) is 7.59. The van der Waals surface area contributed by atoms with E-state index in [1.807, 2.05) is 36.1 Å². The number of nitrogens with one attached hydrogen (secondary N) is 1. The van der Waals surface area contributed by atoms with Crippen molar-refractivity contribution >= 4 is 0 Å². The highest BCUT2D eigenvalue weighted by Crippen LogP contribution is 2.12. The van der Waals surface area contributed by atoms with E-state index in [1.54, 1.807) is 0 Å². The second-order valence-electron chi connectivity index (χ2n) is 4.95. The largest absolute Gasteiger partial charge is 0.492 e. The lowest BCUT2D eigenvalue weighted by Gasteiger charge is -2.08. The van der Waals surface area contributed by atoms with Gasteiger partial charge in [-0.1, -0.05) is 19.1 Å². The minimum Gasteiger partial charge on any atom is -0.492 e. The average Bonchev–Trinajstić information content (AvgIpc) is 2.87. The highest BCUT2D eigenvalue weighted by Gasteiger charge is 1.97. The van der Waals surface area contributed by atoms with Crippen LogP contribution in [-0.4, -0.2) is 22.9 Å². The summed E-state index contributed by atoms with van der Waals surface area (Å²) in [6.07, 6.45) is 5.04. The average molecular weight is 273 g/mol. The van der Waals surface area contributed by atoms with Crippen molar-refractivity contribution in [3.63, 3.8) is 0 Å². The van der Waals surface area contributed by atoms with Gasteiger partial charge in [-0.3, -0.25) is 4.68 Å². The lowest BCUT2D eigenvalue weighted by atomic mass is 10.2. The second-order valence-corrected chi connectivity index (χ2v) is 4.95. The Balaban J connectivity index is 1.73. The molecule has 4 heteroatoms. The quantitative estimate of drug-likeness (QED) is 0.752. The molecule has 2 aromatic rings. The van der Waals surface area contributed by atoms with Crippen molar-refractivity contribution in [3.05, 3.63) is 47.8 Å². The van der Waals surface area contributed by atoms with Crippen LogP contribution < -0.4 is 10.1 Å². The molecule has 0 aliphatic heterocycles. The molecule has 2 rings (SSSR count). The molecule has 0 unspecified atom stereocenters. The van der Waals surface area contributed by atoms with E-state index in [4.69, 9.17) is 4.74 Å². The number of ether oxygens (including phenoxy) is 1. The van der Waals surface area contributed by atoms with Gasteiger partial charge in [-0.25, -0.2) is 0 Å². The van der Waals surface area contributed by atoms with Crippen LogP contribution in [0.1, 0.15) is 24.5 Å². The fourth-order valence-corrected chi connectivity index (χ4v) is 1.96. The van der Waals surface area contributed by atoms with Crippen LogP contribution in [0.4, 0.5) is 0 Å². The van der Waals surface area contributed by atoms with Crippen LogP contribution in [-0.2, 0) is 13.1 Å². The Kier molecular flexibility index (Phi) is 5.62. The zero-order valence-electron chi connectivity index (χ0n) is 12.3. The number of nitrogens with zero attached hydrogens (tertiary/aromatic N) is 2. The smallest absolute Gasteiger partial charge is 0.119 e. The summed E-state index contributed by atoms with van der Waals surface area (Å²) in [5.74, 6) is 0.910. The van der Waals surface area contributed by atoms with Crippen LogP contribution in [0.15, 0.2) is 36.7 Å². The summed E-state index contributed by atoms with van der Waals surface area (Å²) in [6, 6.07) is 8.26. The monoisotopic (exact) mass is 273 g/mol. The Bertz CT molecular complexity index is 505. The molecule has 0 spiro atoms. The molecular weight excluding hydrogens is 250 g/mol. The van der Waals surface area contributed by atoms with Crippen LogP contribution >= 0.6 is 0 Å². The molecule has 0 aliphatic carbocycles. The van der Waals surface area contributed by atoms with Gasteiger partial charge in [0.25, 0.3) is 0 Å². The zero-order valence-corrected chi connectivity index (χ0v) is 12.3. The normalized spacial score (nSPS) is 10.7. The lowest BCUT2D eigenvalue weighted by Crippen LogP contribution is -2.13. The summed E-state index contributed by atoms with van der Waals surface area (Å²) < 4.78 is 7.62. The molecule has 0 amide bonds. The van der Waals surface area contributed by atoms with Crippen LogP contribution in [0.25, 0.3) is 0 Å². The molecule has 1 N–H and O–H groups in total. The van der Waals surface area contributed by atoms with Gasteiger partial charge >= 0.3 is 0 Å². The molecular formula is C16H23N3O. The molecule has 0 fully saturated rings. The minimum atomic E-state index is 0.633. The Morgan fingerprint density at radius 3 is 2.70 bits per heavy atom. The van der Waals surface area contributed by atoms with E-state index in [2.05, 4.69) is 29.5 Å². The first kappa shape index (κ1) is 14.6. The Morgan fingerprint density at radius 2 is 2.05 bits per heavy atom. The molecule has 1 heterocycles. The molecule has 0 radical (unpaired) electrons. The summed E-state index contributed by atoms with van der Waals surface area (Å²) in [5, 5.41) is 7.62. The highest BCUT2D eigenvalue weighted by molar-refractivity contribution is 5.27. The van der Waals surface area contributed by atoms with Crippen molar-refractivity contribution in [2.45, 2.75) is 33.4 Å². The number of aromatic nitrogens is 2. The van der Waals surface area contributed by atoms with Crippen LogP contribution in [0.2, 0.25) is 0 Å². The summed E-state index contributed by atoms with van der Waals surface area (Å²) in [5.41, 5.74) is 2.46. The molecule has 0 saturated heterocycles. The van der Waals surface area contributed by atoms with E-state index in [9.17, 15) is 0 Å². The van der Waals surface area contributed by atoms with Gasteiger partial charge in [-0.15, -0.1) is 0 Å². The predicted octanol–water partition coefficient (Wildman–Crippen LogP) is 2.77. The van der Waals surface area contributed by atoms with Gasteiger partial charge in [0.05, 0.1) is 12.7 Å². The standard InChI is InChI=1S/C16H23N3O/c1-3-8-17-12-15-4-6-16(7-5-15)20-10-9-19-13-14(2)11-18-19/h4-7,11,13,17H,3,8-10,12H2,1-2H3. The fraction of sp³-hybridized carbons (Fsp3) is 0.438. The van der Waals surface area contributed by atoms with Crippen molar-refractivity contribution in [1.82, 2.24) is 15.1 Å². The minimum absolute atomic E-state index is 0.633. The summed E-state index contributed by atoms with van der Waals surface area (Å²) in [4.78, 5) is 0. The topological polar surface area (TPSA) is 39.1 Å². The first-order valence-electron chi connectivity index (χ1n) is 7.19. The molecule has 4 nitrogen and oxygen atoms in total. The maximum Gasteiger partial charge on any atom is 0.119 e. The van der Waals surface area contributed by atoms with Gasteiger partial charge in [0.2, 0.25) is 0 Å². The van der Waals surface area contributed by atoms with E-state index in [0.717, 1.165) is 31.8 Å². The van der Waals surface area contributed by atoms with Gasteiger partial charge in [0.1, 0.15) is 12.4 Å². The van der Waals surface area contributed by atoms with Gasteiger partial charge in [-0.05, 0) is 43.1 Å². The van der Waals surface area contributed by atoms with Crippen molar-refractivity contribution in [2.24, 2.45) is 0 Å². The van der Waals surface area contributed by atoms with Crippen molar-refractivity contribution in [2.75, 3.05) is 13.2 Å². The highest BCUT2D eigenvalue weighted by atomic mass is 16.5. The first-order chi connectivity index (χ1) is 9.78. The van der Waals surface area contributed by atoms with Crippen molar-refractivity contribution in [3.8, 4) is 5.75 Å². The number of hydrogen-bond acceptors (Lipinski definition) is 3.